The Kier molecular flexibility index (Phi) is 3.63. The molecule has 0 spiro atoms. The number of aryl methyl sites for hydroxylation is 1. The van der Waals surface area contributed by atoms with Gasteiger partial charge in [0.1, 0.15) is 22.7 Å². The Bertz CT molecular complexity index is 1190. The van der Waals surface area contributed by atoms with Gasteiger partial charge in [-0.15, -0.1) is 0 Å². The molecular weight excluding hydrogens is 342 g/mol. The second-order valence-electron chi connectivity index (χ2n) is 6.78. The van der Waals surface area contributed by atoms with Crippen molar-refractivity contribution >= 4 is 27.8 Å². The number of methoxy groups -OCH3 is 1. The minimum Gasteiger partial charge on any atom is -0.495 e. The predicted octanol–water partition coefficient (Wildman–Crippen LogP) is 3.63. The number of aromatic nitrogens is 2. The van der Waals surface area contributed by atoms with Gasteiger partial charge >= 0.3 is 0 Å². The fourth-order valence-corrected chi connectivity index (χ4v) is 3.93. The third-order valence-corrected chi connectivity index (χ3v) is 5.11. The molecule has 2 aromatic heterocycles. The lowest BCUT2D eigenvalue weighted by molar-refractivity contribution is 0.412. The Labute approximate surface area is 155 Å². The highest BCUT2D eigenvalue weighted by Gasteiger charge is 2.22. The van der Waals surface area contributed by atoms with E-state index >= 15 is 0 Å². The SMILES string of the molecule is COc1cccc2c1N(Cc1nc3c(oc4ccccc43)c(=O)[nH]1)CCC2. The molecule has 0 saturated carbocycles. The zero-order chi connectivity index (χ0) is 18.4. The van der Waals surface area contributed by atoms with Gasteiger partial charge in [0, 0.05) is 11.9 Å². The summed E-state index contributed by atoms with van der Waals surface area (Å²) in [6.45, 7) is 1.40. The van der Waals surface area contributed by atoms with E-state index in [2.05, 4.69) is 16.0 Å². The molecule has 1 aliphatic rings. The number of hydrogen-bond acceptors (Lipinski definition) is 5. The maximum Gasteiger partial charge on any atom is 0.294 e. The van der Waals surface area contributed by atoms with Crippen molar-refractivity contribution in [2.75, 3.05) is 18.6 Å². The van der Waals surface area contributed by atoms with E-state index in [0.717, 1.165) is 36.2 Å². The van der Waals surface area contributed by atoms with Crippen molar-refractivity contribution in [2.24, 2.45) is 0 Å². The largest absolute Gasteiger partial charge is 0.495 e. The molecule has 0 aliphatic carbocycles. The summed E-state index contributed by atoms with van der Waals surface area (Å²) in [4.78, 5) is 22.4. The monoisotopic (exact) mass is 361 g/mol. The lowest BCUT2D eigenvalue weighted by atomic mass is 10.0. The van der Waals surface area contributed by atoms with E-state index in [4.69, 9.17) is 14.1 Å². The third kappa shape index (κ3) is 2.56. The Morgan fingerprint density at radius 3 is 3.00 bits per heavy atom. The molecule has 0 saturated heterocycles. The lowest BCUT2D eigenvalue weighted by Crippen LogP contribution is -2.31. The fraction of sp³-hybridized carbons (Fsp3) is 0.238. The van der Waals surface area contributed by atoms with Crippen LogP contribution in [0.15, 0.2) is 51.7 Å². The number of nitrogens with zero attached hydrogens (tertiary/aromatic N) is 2. The number of benzene rings is 2. The van der Waals surface area contributed by atoms with Crippen LogP contribution < -0.4 is 15.2 Å². The highest BCUT2D eigenvalue weighted by molar-refractivity contribution is 6.01. The van der Waals surface area contributed by atoms with Crippen LogP contribution in [0.1, 0.15) is 17.8 Å². The van der Waals surface area contributed by atoms with E-state index in [0.29, 0.717) is 23.5 Å². The summed E-state index contributed by atoms with van der Waals surface area (Å²) in [7, 11) is 1.69. The molecule has 0 radical (unpaired) electrons. The lowest BCUT2D eigenvalue weighted by Gasteiger charge is -2.32. The second-order valence-corrected chi connectivity index (χ2v) is 6.78. The van der Waals surface area contributed by atoms with Gasteiger partial charge in [0.15, 0.2) is 0 Å². The van der Waals surface area contributed by atoms with Crippen molar-refractivity contribution in [3.05, 3.63) is 64.2 Å². The molecule has 2 aromatic carbocycles. The van der Waals surface area contributed by atoms with Crippen LogP contribution in [-0.4, -0.2) is 23.6 Å². The number of fused-ring (bicyclic) bond motifs is 4. The van der Waals surface area contributed by atoms with Crippen LogP contribution in [0, 0.1) is 0 Å². The quantitative estimate of drug-likeness (QED) is 0.603. The molecule has 0 bridgehead atoms. The minimum absolute atomic E-state index is 0.247. The first-order valence-corrected chi connectivity index (χ1v) is 9.06. The maximum atomic E-state index is 12.5. The molecule has 6 nitrogen and oxygen atoms in total. The number of anilines is 1. The average molecular weight is 361 g/mol. The number of aromatic amines is 1. The van der Waals surface area contributed by atoms with Crippen LogP contribution in [0.2, 0.25) is 0 Å². The topological polar surface area (TPSA) is 71.4 Å². The first kappa shape index (κ1) is 15.9. The number of ether oxygens (including phenoxy) is 1. The second kappa shape index (κ2) is 6.16. The Morgan fingerprint density at radius 2 is 2.11 bits per heavy atom. The molecule has 0 atom stereocenters. The van der Waals surface area contributed by atoms with E-state index in [9.17, 15) is 4.79 Å². The highest BCUT2D eigenvalue weighted by atomic mass is 16.5. The van der Waals surface area contributed by atoms with E-state index in [1.165, 1.54) is 5.56 Å². The van der Waals surface area contributed by atoms with Crippen LogP contribution in [0.25, 0.3) is 22.1 Å². The fourth-order valence-electron chi connectivity index (χ4n) is 3.93. The van der Waals surface area contributed by atoms with Gasteiger partial charge in [-0.25, -0.2) is 4.98 Å². The molecule has 1 N–H and O–H groups in total. The van der Waals surface area contributed by atoms with Crippen molar-refractivity contribution in [3.63, 3.8) is 0 Å². The van der Waals surface area contributed by atoms with Gasteiger partial charge in [-0.2, -0.15) is 0 Å². The smallest absolute Gasteiger partial charge is 0.294 e. The molecule has 0 fully saturated rings. The molecule has 6 heteroatoms. The van der Waals surface area contributed by atoms with Crippen LogP contribution in [0.4, 0.5) is 5.69 Å². The Balaban J connectivity index is 1.60. The van der Waals surface area contributed by atoms with Crippen LogP contribution in [0.3, 0.4) is 0 Å². The standard InChI is InChI=1S/C21H19N3O3/c1-26-16-10-4-6-13-7-5-11-24(19(13)16)12-17-22-18-14-8-2-3-9-15(14)27-20(18)21(25)23-17/h2-4,6,8-10H,5,7,11-12H2,1H3,(H,22,23,25). The van der Waals surface area contributed by atoms with Crippen molar-refractivity contribution in [3.8, 4) is 5.75 Å². The average Bonchev–Trinajstić information content (AvgIpc) is 3.07. The molecule has 4 aromatic rings. The minimum atomic E-state index is -0.247. The Morgan fingerprint density at radius 1 is 1.22 bits per heavy atom. The van der Waals surface area contributed by atoms with Gasteiger partial charge in [0.05, 0.1) is 19.3 Å². The maximum absolute atomic E-state index is 12.5. The summed E-state index contributed by atoms with van der Waals surface area (Å²) >= 11 is 0. The van der Waals surface area contributed by atoms with Crippen molar-refractivity contribution in [1.29, 1.82) is 0 Å². The zero-order valence-electron chi connectivity index (χ0n) is 15.0. The molecule has 5 rings (SSSR count). The summed E-state index contributed by atoms with van der Waals surface area (Å²) in [6.07, 6.45) is 2.08. The van der Waals surface area contributed by atoms with Gasteiger partial charge in [0.25, 0.3) is 5.56 Å². The van der Waals surface area contributed by atoms with Crippen molar-refractivity contribution in [1.82, 2.24) is 9.97 Å². The number of H-pyrrole nitrogens is 1. The van der Waals surface area contributed by atoms with Crippen molar-refractivity contribution in [2.45, 2.75) is 19.4 Å². The van der Waals surface area contributed by atoms with Gasteiger partial charge in [-0.3, -0.25) is 4.79 Å². The van der Waals surface area contributed by atoms with E-state index in [-0.39, 0.29) is 11.1 Å². The normalized spacial score (nSPS) is 13.9. The van der Waals surface area contributed by atoms with E-state index in [1.807, 2.05) is 36.4 Å². The first-order valence-electron chi connectivity index (χ1n) is 9.06. The number of para-hydroxylation sites is 2. The number of hydrogen-bond donors (Lipinski definition) is 1. The molecule has 0 unspecified atom stereocenters. The van der Waals surface area contributed by atoms with Crippen LogP contribution >= 0.6 is 0 Å². The van der Waals surface area contributed by atoms with Crippen molar-refractivity contribution < 1.29 is 9.15 Å². The molecule has 1 aliphatic heterocycles. The summed E-state index contributed by atoms with van der Waals surface area (Å²) in [6, 6.07) is 13.7. The van der Waals surface area contributed by atoms with Gasteiger partial charge < -0.3 is 19.0 Å². The van der Waals surface area contributed by atoms with Gasteiger partial charge in [-0.1, -0.05) is 24.3 Å². The summed E-state index contributed by atoms with van der Waals surface area (Å²) in [5.74, 6) is 1.47. The molecule has 27 heavy (non-hydrogen) atoms. The Hall–Kier alpha value is -3.28. The molecule has 0 amide bonds. The summed E-state index contributed by atoms with van der Waals surface area (Å²) < 4.78 is 11.3. The molecule has 3 heterocycles. The summed E-state index contributed by atoms with van der Waals surface area (Å²) in [5, 5.41) is 0.858. The summed E-state index contributed by atoms with van der Waals surface area (Å²) in [5.41, 5.74) is 3.66. The van der Waals surface area contributed by atoms with E-state index in [1.54, 1.807) is 7.11 Å². The number of rotatable bonds is 3. The highest BCUT2D eigenvalue weighted by Crippen LogP contribution is 2.36. The predicted molar refractivity (Wildman–Crippen MR) is 105 cm³/mol. The third-order valence-electron chi connectivity index (χ3n) is 5.11. The van der Waals surface area contributed by atoms with E-state index < -0.39 is 0 Å². The number of nitrogens with one attached hydrogen (secondary N) is 1. The molecule has 136 valence electrons. The van der Waals surface area contributed by atoms with Gasteiger partial charge in [-0.05, 0) is 36.6 Å². The first-order chi connectivity index (χ1) is 13.2. The number of furan rings is 1. The van der Waals surface area contributed by atoms with Crippen LogP contribution in [-0.2, 0) is 13.0 Å². The van der Waals surface area contributed by atoms with Crippen LogP contribution in [0.5, 0.6) is 5.75 Å². The van der Waals surface area contributed by atoms with Gasteiger partial charge in [0.2, 0.25) is 5.58 Å². The zero-order valence-corrected chi connectivity index (χ0v) is 15.0. The molecular formula is C21H19N3O3.